The van der Waals surface area contributed by atoms with E-state index in [0.29, 0.717) is 13.0 Å². The van der Waals surface area contributed by atoms with Gasteiger partial charge >= 0.3 is 11.9 Å². The molecule has 1 heterocycles. The molecule has 0 aliphatic rings. The zero-order valence-electron chi connectivity index (χ0n) is 13.3. The molecule has 0 aliphatic heterocycles. The summed E-state index contributed by atoms with van der Waals surface area (Å²) < 4.78 is 37.8. The quantitative estimate of drug-likeness (QED) is 0.727. The third-order valence-corrected chi connectivity index (χ3v) is 4.39. The number of hydrogen-bond acceptors (Lipinski definition) is 4. The number of amides is 1. The number of aromatic amines is 1. The number of rotatable bonds is 7. The van der Waals surface area contributed by atoms with Crippen LogP contribution in [0, 0.1) is 0 Å². The first kappa shape index (κ1) is 19.1. The average molecular weight is 374 g/mol. The van der Waals surface area contributed by atoms with Crippen molar-refractivity contribution in [1.29, 1.82) is 0 Å². The first-order valence-corrected chi connectivity index (χ1v) is 8.34. The van der Waals surface area contributed by atoms with Crippen LogP contribution < -0.4 is 11.0 Å². The van der Waals surface area contributed by atoms with Crippen molar-refractivity contribution < 1.29 is 18.0 Å². The lowest BCUT2D eigenvalue weighted by Gasteiger charge is -2.13. The monoisotopic (exact) mass is 374 g/mol. The highest BCUT2D eigenvalue weighted by molar-refractivity contribution is 8.00. The molecule has 2 rings (SSSR count). The number of halogens is 3. The standard InChI is InChI=1S/C15H17F3N4O2S/c1-10(12(23)19-9-15(16,17)18)25-14-21-20-13(24)22(14)8-7-11-5-3-2-4-6-11/h2-6,10H,7-9H2,1H3,(H,19,23)(H,20,24). The van der Waals surface area contributed by atoms with E-state index >= 15 is 0 Å². The molecule has 0 fully saturated rings. The second kappa shape index (κ2) is 8.24. The molecule has 1 aromatic heterocycles. The Morgan fingerprint density at radius 1 is 1.36 bits per heavy atom. The number of nitrogens with zero attached hydrogens (tertiary/aromatic N) is 2. The largest absolute Gasteiger partial charge is 0.405 e. The lowest BCUT2D eigenvalue weighted by atomic mass is 10.1. The smallest absolute Gasteiger partial charge is 0.346 e. The number of aromatic nitrogens is 3. The highest BCUT2D eigenvalue weighted by atomic mass is 32.2. The Bertz CT molecular complexity index is 758. The lowest BCUT2D eigenvalue weighted by Crippen LogP contribution is -2.38. The number of carbonyl (C=O) groups excluding carboxylic acids is 1. The molecule has 0 spiro atoms. The Morgan fingerprint density at radius 3 is 2.68 bits per heavy atom. The Balaban J connectivity index is 1.98. The lowest BCUT2D eigenvalue weighted by molar-refractivity contribution is -0.137. The summed E-state index contributed by atoms with van der Waals surface area (Å²) in [6.45, 7) is 0.410. The summed E-state index contributed by atoms with van der Waals surface area (Å²) in [6, 6.07) is 9.50. The van der Waals surface area contributed by atoms with Gasteiger partial charge in [0.1, 0.15) is 6.54 Å². The van der Waals surface area contributed by atoms with Crippen LogP contribution in [0.1, 0.15) is 12.5 Å². The van der Waals surface area contributed by atoms with Gasteiger partial charge in [-0.1, -0.05) is 42.1 Å². The summed E-state index contributed by atoms with van der Waals surface area (Å²) in [5, 5.41) is 7.39. The van der Waals surface area contributed by atoms with E-state index in [9.17, 15) is 22.8 Å². The number of aryl methyl sites for hydroxylation is 1. The topological polar surface area (TPSA) is 79.8 Å². The average Bonchev–Trinajstić information content (AvgIpc) is 2.90. The second-order valence-corrected chi connectivity index (χ2v) is 6.60. The molecule has 25 heavy (non-hydrogen) atoms. The zero-order valence-corrected chi connectivity index (χ0v) is 14.2. The Kier molecular flexibility index (Phi) is 6.29. The summed E-state index contributed by atoms with van der Waals surface area (Å²) in [4.78, 5) is 23.6. The molecule has 2 N–H and O–H groups in total. The fourth-order valence-corrected chi connectivity index (χ4v) is 2.93. The van der Waals surface area contributed by atoms with E-state index in [1.807, 2.05) is 35.6 Å². The van der Waals surface area contributed by atoms with Gasteiger partial charge in [0.2, 0.25) is 5.91 Å². The van der Waals surface area contributed by atoms with E-state index in [1.54, 1.807) is 0 Å². The van der Waals surface area contributed by atoms with E-state index in [0.717, 1.165) is 17.3 Å². The van der Waals surface area contributed by atoms with Crippen molar-refractivity contribution in [3.63, 3.8) is 0 Å². The summed E-state index contributed by atoms with van der Waals surface area (Å²) >= 11 is 0.926. The molecule has 1 amide bonds. The number of thioether (sulfide) groups is 1. The molecule has 10 heteroatoms. The normalized spacial score (nSPS) is 12.8. The van der Waals surface area contributed by atoms with Crippen LogP contribution in [0.4, 0.5) is 13.2 Å². The van der Waals surface area contributed by atoms with E-state index in [4.69, 9.17) is 0 Å². The van der Waals surface area contributed by atoms with Crippen LogP contribution in [0.5, 0.6) is 0 Å². The molecule has 0 radical (unpaired) electrons. The van der Waals surface area contributed by atoms with E-state index in [2.05, 4.69) is 10.2 Å². The second-order valence-electron chi connectivity index (χ2n) is 5.29. The predicted molar refractivity (Wildman–Crippen MR) is 87.4 cm³/mol. The molecule has 0 saturated heterocycles. The fraction of sp³-hybridized carbons (Fsp3) is 0.400. The van der Waals surface area contributed by atoms with Crippen molar-refractivity contribution in [1.82, 2.24) is 20.1 Å². The minimum Gasteiger partial charge on any atom is -0.346 e. The third-order valence-electron chi connectivity index (χ3n) is 3.30. The molecular formula is C15H17F3N4O2S. The van der Waals surface area contributed by atoms with Crippen LogP contribution in [0.2, 0.25) is 0 Å². The highest BCUT2D eigenvalue weighted by Gasteiger charge is 2.29. The maximum atomic E-state index is 12.2. The third kappa shape index (κ3) is 5.96. The molecule has 1 unspecified atom stereocenters. The van der Waals surface area contributed by atoms with E-state index in [-0.39, 0.29) is 5.16 Å². The SMILES string of the molecule is CC(Sc1n[nH]c(=O)n1CCc1ccccc1)C(=O)NCC(F)(F)F. The maximum absolute atomic E-state index is 12.2. The molecule has 6 nitrogen and oxygen atoms in total. The Labute approximate surface area is 145 Å². The van der Waals surface area contributed by atoms with Crippen LogP contribution >= 0.6 is 11.8 Å². The predicted octanol–water partition coefficient (Wildman–Crippen LogP) is 1.97. The van der Waals surface area contributed by atoms with Gasteiger partial charge in [0.25, 0.3) is 0 Å². The Hall–Kier alpha value is -2.23. The van der Waals surface area contributed by atoms with E-state index < -0.39 is 29.6 Å². The minimum atomic E-state index is -4.47. The number of benzene rings is 1. The maximum Gasteiger partial charge on any atom is 0.405 e. The van der Waals surface area contributed by atoms with Crippen LogP contribution in [-0.2, 0) is 17.8 Å². The number of alkyl halides is 3. The van der Waals surface area contributed by atoms with Gasteiger partial charge in [-0.3, -0.25) is 9.36 Å². The van der Waals surface area contributed by atoms with Gasteiger partial charge in [-0.25, -0.2) is 9.89 Å². The molecule has 0 aliphatic carbocycles. The van der Waals surface area contributed by atoms with Crippen molar-refractivity contribution in [3.8, 4) is 0 Å². The summed E-state index contributed by atoms with van der Waals surface area (Å²) in [5.41, 5.74) is 0.601. The number of hydrogen-bond donors (Lipinski definition) is 2. The molecule has 2 aromatic rings. The van der Waals surface area contributed by atoms with Crippen molar-refractivity contribution in [2.24, 2.45) is 0 Å². The van der Waals surface area contributed by atoms with Crippen LogP contribution in [0.25, 0.3) is 0 Å². The van der Waals surface area contributed by atoms with Gasteiger partial charge in [0.15, 0.2) is 5.16 Å². The van der Waals surface area contributed by atoms with E-state index in [1.165, 1.54) is 11.5 Å². The molecular weight excluding hydrogens is 357 g/mol. The first-order chi connectivity index (χ1) is 11.8. The number of carbonyl (C=O) groups is 1. The molecule has 0 saturated carbocycles. The van der Waals surface area contributed by atoms with Gasteiger partial charge in [0.05, 0.1) is 5.25 Å². The molecule has 1 atom stereocenters. The van der Waals surface area contributed by atoms with Crippen molar-refractivity contribution >= 4 is 17.7 Å². The summed E-state index contributed by atoms with van der Waals surface area (Å²) in [7, 11) is 0. The highest BCUT2D eigenvalue weighted by Crippen LogP contribution is 2.21. The van der Waals surface area contributed by atoms with Crippen LogP contribution in [0.3, 0.4) is 0 Å². The van der Waals surface area contributed by atoms with Crippen LogP contribution in [0.15, 0.2) is 40.3 Å². The van der Waals surface area contributed by atoms with Gasteiger partial charge in [-0.15, -0.1) is 5.10 Å². The van der Waals surface area contributed by atoms with Gasteiger partial charge in [-0.05, 0) is 18.9 Å². The minimum absolute atomic E-state index is 0.260. The molecule has 1 aromatic carbocycles. The first-order valence-electron chi connectivity index (χ1n) is 7.46. The zero-order chi connectivity index (χ0) is 18.4. The molecule has 0 bridgehead atoms. The molecule has 136 valence electrons. The summed E-state index contributed by atoms with van der Waals surface area (Å²) in [5.74, 6) is -0.771. The van der Waals surface area contributed by atoms with Crippen molar-refractivity contribution in [2.75, 3.05) is 6.54 Å². The van der Waals surface area contributed by atoms with Gasteiger partial charge in [-0.2, -0.15) is 13.2 Å². The summed E-state index contributed by atoms with van der Waals surface area (Å²) in [6.07, 6.45) is -3.88. The van der Waals surface area contributed by atoms with Crippen molar-refractivity contribution in [2.45, 2.75) is 36.5 Å². The van der Waals surface area contributed by atoms with Crippen molar-refractivity contribution in [3.05, 3.63) is 46.4 Å². The number of nitrogens with one attached hydrogen (secondary N) is 2. The van der Waals surface area contributed by atoms with Crippen LogP contribution in [-0.4, -0.2) is 38.6 Å². The Morgan fingerprint density at radius 2 is 2.04 bits per heavy atom. The number of H-pyrrole nitrogens is 1. The fourth-order valence-electron chi connectivity index (χ4n) is 2.02. The van der Waals surface area contributed by atoms with Gasteiger partial charge in [0, 0.05) is 6.54 Å². The van der Waals surface area contributed by atoms with Gasteiger partial charge < -0.3 is 5.32 Å².